The smallest absolute Gasteiger partial charge is 0.0429 e. The van der Waals surface area contributed by atoms with E-state index in [4.69, 9.17) is 11.6 Å². The van der Waals surface area contributed by atoms with Gasteiger partial charge in [0.1, 0.15) is 0 Å². The minimum Gasteiger partial charge on any atom is -0.369 e. The fraction of sp³-hybridized carbons (Fsp3) is 0.625. The van der Waals surface area contributed by atoms with Crippen LogP contribution in [0.3, 0.4) is 0 Å². The van der Waals surface area contributed by atoms with Crippen LogP contribution in [0.1, 0.15) is 46.1 Å². The number of nitrogens with zero attached hydrogens (tertiary/aromatic N) is 1. The van der Waals surface area contributed by atoms with E-state index in [1.807, 2.05) is 6.07 Å². The molecule has 3 heteroatoms. The van der Waals surface area contributed by atoms with Crippen molar-refractivity contribution in [2.45, 2.75) is 58.7 Å². The molecule has 0 atom stereocenters. The molecule has 1 aromatic rings. The predicted octanol–water partition coefficient (Wildman–Crippen LogP) is 4.22. The maximum atomic E-state index is 6.19. The van der Waals surface area contributed by atoms with Gasteiger partial charge in [0.25, 0.3) is 0 Å². The van der Waals surface area contributed by atoms with Gasteiger partial charge in [-0.25, -0.2) is 0 Å². The Kier molecular flexibility index (Phi) is 4.42. The third kappa shape index (κ3) is 4.12. The summed E-state index contributed by atoms with van der Waals surface area (Å²) in [4.78, 5) is 2.49. The lowest BCUT2D eigenvalue weighted by Gasteiger charge is -2.28. The molecule has 1 N–H and O–H groups in total. The SMILES string of the molecule is CCN(c1cc(Cl)ccc1CNC(C)(C)C)C1CC1. The summed E-state index contributed by atoms with van der Waals surface area (Å²) < 4.78 is 0. The molecule has 2 rings (SSSR count). The van der Waals surface area contributed by atoms with Gasteiger partial charge < -0.3 is 10.2 Å². The highest BCUT2D eigenvalue weighted by molar-refractivity contribution is 6.30. The first-order valence-corrected chi connectivity index (χ1v) is 7.58. The molecule has 0 unspecified atom stereocenters. The maximum Gasteiger partial charge on any atom is 0.0429 e. The fourth-order valence-electron chi connectivity index (χ4n) is 2.33. The van der Waals surface area contributed by atoms with Crippen molar-refractivity contribution >= 4 is 17.3 Å². The molecular weight excluding hydrogens is 256 g/mol. The van der Waals surface area contributed by atoms with Crippen LogP contribution >= 0.6 is 11.6 Å². The average Bonchev–Trinajstić information content (AvgIpc) is 3.12. The fourth-order valence-corrected chi connectivity index (χ4v) is 2.49. The summed E-state index contributed by atoms with van der Waals surface area (Å²) in [5, 5.41) is 4.39. The number of anilines is 1. The first kappa shape index (κ1) is 14.7. The molecular formula is C16H25ClN2. The molecule has 0 aliphatic heterocycles. The summed E-state index contributed by atoms with van der Waals surface area (Å²) in [6.07, 6.45) is 2.62. The molecule has 0 aromatic heterocycles. The first-order chi connectivity index (χ1) is 8.90. The van der Waals surface area contributed by atoms with Crippen molar-refractivity contribution in [3.63, 3.8) is 0 Å². The number of halogens is 1. The standard InChI is InChI=1S/C16H25ClN2/c1-5-19(14-8-9-14)15-10-13(17)7-6-12(15)11-18-16(2,3)4/h6-7,10,14,18H,5,8-9,11H2,1-4H3. The Balaban J connectivity index is 2.21. The van der Waals surface area contributed by atoms with Crippen LogP contribution in [0.5, 0.6) is 0 Å². The van der Waals surface area contributed by atoms with Crippen molar-refractivity contribution in [2.24, 2.45) is 0 Å². The van der Waals surface area contributed by atoms with E-state index in [2.05, 4.69) is 50.0 Å². The van der Waals surface area contributed by atoms with Crippen LogP contribution in [0, 0.1) is 0 Å². The van der Waals surface area contributed by atoms with Crippen molar-refractivity contribution in [3.05, 3.63) is 28.8 Å². The molecule has 19 heavy (non-hydrogen) atoms. The van der Waals surface area contributed by atoms with Crippen LogP contribution in [0.25, 0.3) is 0 Å². The number of hydrogen-bond donors (Lipinski definition) is 1. The molecule has 1 aliphatic rings. The number of benzene rings is 1. The van der Waals surface area contributed by atoms with Gasteiger partial charge in [-0.1, -0.05) is 17.7 Å². The Morgan fingerprint density at radius 3 is 2.53 bits per heavy atom. The van der Waals surface area contributed by atoms with E-state index in [-0.39, 0.29) is 5.54 Å². The van der Waals surface area contributed by atoms with E-state index in [1.165, 1.54) is 24.1 Å². The van der Waals surface area contributed by atoms with Gasteiger partial charge in [-0.15, -0.1) is 0 Å². The van der Waals surface area contributed by atoms with Gasteiger partial charge in [-0.2, -0.15) is 0 Å². The zero-order valence-electron chi connectivity index (χ0n) is 12.5. The monoisotopic (exact) mass is 280 g/mol. The van der Waals surface area contributed by atoms with Crippen molar-refractivity contribution in [1.29, 1.82) is 0 Å². The summed E-state index contributed by atoms with van der Waals surface area (Å²) in [5.41, 5.74) is 2.77. The molecule has 1 saturated carbocycles. The zero-order valence-corrected chi connectivity index (χ0v) is 13.2. The van der Waals surface area contributed by atoms with Gasteiger partial charge >= 0.3 is 0 Å². The summed E-state index contributed by atoms with van der Waals surface area (Å²) in [5.74, 6) is 0. The van der Waals surface area contributed by atoms with Crippen LogP contribution in [-0.2, 0) is 6.54 Å². The van der Waals surface area contributed by atoms with E-state index in [0.29, 0.717) is 0 Å². The number of nitrogens with one attached hydrogen (secondary N) is 1. The van der Waals surface area contributed by atoms with Crippen LogP contribution in [0.15, 0.2) is 18.2 Å². The predicted molar refractivity (Wildman–Crippen MR) is 84.1 cm³/mol. The lowest BCUT2D eigenvalue weighted by Crippen LogP contribution is -2.36. The lowest BCUT2D eigenvalue weighted by molar-refractivity contribution is 0.424. The zero-order chi connectivity index (χ0) is 14.0. The summed E-state index contributed by atoms with van der Waals surface area (Å²) in [7, 11) is 0. The van der Waals surface area contributed by atoms with Crippen LogP contribution in [-0.4, -0.2) is 18.1 Å². The van der Waals surface area contributed by atoms with Gasteiger partial charge in [-0.05, 0) is 58.2 Å². The minimum absolute atomic E-state index is 0.132. The molecule has 2 nitrogen and oxygen atoms in total. The Bertz CT molecular complexity index is 433. The molecule has 0 heterocycles. The minimum atomic E-state index is 0.132. The molecule has 1 fully saturated rings. The van der Waals surface area contributed by atoms with E-state index in [0.717, 1.165) is 24.2 Å². The summed E-state index contributed by atoms with van der Waals surface area (Å²) >= 11 is 6.19. The van der Waals surface area contributed by atoms with E-state index in [1.54, 1.807) is 0 Å². The topological polar surface area (TPSA) is 15.3 Å². The Labute approximate surface area is 122 Å². The Morgan fingerprint density at radius 2 is 2.00 bits per heavy atom. The highest BCUT2D eigenvalue weighted by Gasteiger charge is 2.29. The van der Waals surface area contributed by atoms with Crippen molar-refractivity contribution in [2.75, 3.05) is 11.4 Å². The quantitative estimate of drug-likeness (QED) is 0.869. The van der Waals surface area contributed by atoms with Gasteiger partial charge in [0.2, 0.25) is 0 Å². The van der Waals surface area contributed by atoms with Crippen molar-refractivity contribution in [1.82, 2.24) is 5.32 Å². The third-order valence-electron chi connectivity index (χ3n) is 3.49. The van der Waals surface area contributed by atoms with Gasteiger partial charge in [-0.3, -0.25) is 0 Å². The molecule has 0 saturated heterocycles. The molecule has 0 bridgehead atoms. The summed E-state index contributed by atoms with van der Waals surface area (Å²) in [6.45, 7) is 10.7. The Morgan fingerprint density at radius 1 is 1.32 bits per heavy atom. The molecule has 0 amide bonds. The van der Waals surface area contributed by atoms with Crippen LogP contribution in [0.2, 0.25) is 5.02 Å². The number of hydrogen-bond acceptors (Lipinski definition) is 2. The van der Waals surface area contributed by atoms with E-state index in [9.17, 15) is 0 Å². The van der Waals surface area contributed by atoms with E-state index < -0.39 is 0 Å². The molecule has 1 aliphatic carbocycles. The highest BCUT2D eigenvalue weighted by atomic mass is 35.5. The second kappa shape index (κ2) is 5.72. The van der Waals surface area contributed by atoms with Gasteiger partial charge in [0.15, 0.2) is 0 Å². The second-order valence-corrected chi connectivity index (χ2v) is 6.83. The largest absolute Gasteiger partial charge is 0.369 e. The maximum absolute atomic E-state index is 6.19. The normalized spacial score (nSPS) is 15.6. The molecule has 1 aromatic carbocycles. The Hall–Kier alpha value is -0.730. The molecule has 0 radical (unpaired) electrons. The number of rotatable bonds is 5. The molecule has 0 spiro atoms. The van der Waals surface area contributed by atoms with Crippen LogP contribution in [0.4, 0.5) is 5.69 Å². The molecule has 106 valence electrons. The lowest BCUT2D eigenvalue weighted by atomic mass is 10.1. The highest BCUT2D eigenvalue weighted by Crippen LogP contribution is 2.34. The third-order valence-corrected chi connectivity index (χ3v) is 3.73. The summed E-state index contributed by atoms with van der Waals surface area (Å²) in [6, 6.07) is 6.98. The van der Waals surface area contributed by atoms with Gasteiger partial charge in [0.05, 0.1) is 0 Å². The first-order valence-electron chi connectivity index (χ1n) is 7.21. The van der Waals surface area contributed by atoms with Crippen molar-refractivity contribution in [3.8, 4) is 0 Å². The average molecular weight is 281 g/mol. The van der Waals surface area contributed by atoms with Gasteiger partial charge in [0, 0.05) is 35.4 Å². The second-order valence-electron chi connectivity index (χ2n) is 6.39. The van der Waals surface area contributed by atoms with Crippen molar-refractivity contribution < 1.29 is 0 Å². The van der Waals surface area contributed by atoms with E-state index >= 15 is 0 Å². The van der Waals surface area contributed by atoms with Crippen LogP contribution < -0.4 is 10.2 Å².